The van der Waals surface area contributed by atoms with Crippen LogP contribution in [0.3, 0.4) is 0 Å². The van der Waals surface area contributed by atoms with Gasteiger partial charge in [-0.25, -0.2) is 0 Å². The maximum Gasteiger partial charge on any atom is 0.264 e. The van der Waals surface area contributed by atoms with Gasteiger partial charge in [-0.1, -0.05) is 0 Å². The average Bonchev–Trinajstić information content (AvgIpc) is 2.96. The topological polar surface area (TPSA) is 46.3 Å². The smallest absolute Gasteiger partial charge is 0.264 e. The lowest BCUT2D eigenvalue weighted by atomic mass is 9.98. The van der Waals surface area contributed by atoms with Crippen LogP contribution in [-0.4, -0.2) is 29.9 Å². The van der Waals surface area contributed by atoms with Crippen molar-refractivity contribution >= 4 is 17.2 Å². The van der Waals surface area contributed by atoms with Crippen LogP contribution in [0, 0.1) is 18.8 Å². The molecule has 0 unspecified atom stereocenters. The SMILES string of the molecule is Cc1ccsc1C(=O)N1C[C@@H]2CC[C@@H](N)[C@H]2C1. The molecule has 3 atom stereocenters. The lowest BCUT2D eigenvalue weighted by Crippen LogP contribution is -2.33. The van der Waals surface area contributed by atoms with Crippen LogP contribution in [0.25, 0.3) is 0 Å². The Labute approximate surface area is 106 Å². The Morgan fingerprint density at radius 2 is 2.29 bits per heavy atom. The summed E-state index contributed by atoms with van der Waals surface area (Å²) in [6, 6.07) is 2.32. The second-order valence-electron chi connectivity index (χ2n) is 5.31. The van der Waals surface area contributed by atoms with Crippen molar-refractivity contribution in [3.8, 4) is 0 Å². The number of carbonyl (C=O) groups is 1. The van der Waals surface area contributed by atoms with E-state index in [1.165, 1.54) is 6.42 Å². The standard InChI is InChI=1S/C13H18N2OS/c1-8-4-5-17-12(8)13(16)15-6-9-2-3-11(14)10(9)7-15/h4-5,9-11H,2-3,6-7,14H2,1H3/t9-,10-,11+/m0/s1. The van der Waals surface area contributed by atoms with E-state index in [4.69, 9.17) is 5.73 Å². The first-order valence-corrected chi connectivity index (χ1v) is 7.13. The number of hydrogen-bond acceptors (Lipinski definition) is 3. The van der Waals surface area contributed by atoms with Gasteiger partial charge in [-0.15, -0.1) is 11.3 Å². The van der Waals surface area contributed by atoms with E-state index in [-0.39, 0.29) is 5.91 Å². The zero-order valence-electron chi connectivity index (χ0n) is 10.1. The van der Waals surface area contributed by atoms with Crippen LogP contribution in [0.15, 0.2) is 11.4 Å². The summed E-state index contributed by atoms with van der Waals surface area (Å²) < 4.78 is 0. The third kappa shape index (κ3) is 1.79. The Kier molecular flexibility index (Phi) is 2.71. The van der Waals surface area contributed by atoms with Gasteiger partial charge in [-0.3, -0.25) is 4.79 Å². The molecule has 1 aromatic rings. The fourth-order valence-corrected chi connectivity index (χ4v) is 4.10. The molecule has 2 N–H and O–H groups in total. The molecule has 1 aliphatic carbocycles. The van der Waals surface area contributed by atoms with Crippen molar-refractivity contribution in [3.63, 3.8) is 0 Å². The second kappa shape index (κ2) is 4.10. The molecule has 0 bridgehead atoms. The normalized spacial score (nSPS) is 31.9. The third-order valence-electron chi connectivity index (χ3n) is 4.26. The number of carbonyl (C=O) groups excluding carboxylic acids is 1. The molecule has 2 heterocycles. The minimum atomic E-state index is 0.208. The lowest BCUT2D eigenvalue weighted by molar-refractivity contribution is 0.0784. The van der Waals surface area contributed by atoms with Crippen molar-refractivity contribution in [1.29, 1.82) is 0 Å². The molecule has 2 fully saturated rings. The maximum absolute atomic E-state index is 12.4. The highest BCUT2D eigenvalue weighted by Gasteiger charge is 2.42. The number of aryl methyl sites for hydroxylation is 1. The molecule has 2 aliphatic rings. The monoisotopic (exact) mass is 250 g/mol. The minimum absolute atomic E-state index is 0.208. The number of fused-ring (bicyclic) bond motifs is 1. The highest BCUT2D eigenvalue weighted by atomic mass is 32.1. The molecular formula is C13H18N2OS. The fraction of sp³-hybridized carbons (Fsp3) is 0.615. The number of hydrogen-bond donors (Lipinski definition) is 1. The average molecular weight is 250 g/mol. The van der Waals surface area contributed by atoms with Gasteiger partial charge in [0, 0.05) is 19.1 Å². The molecule has 3 nitrogen and oxygen atoms in total. The van der Waals surface area contributed by atoms with Crippen molar-refractivity contribution < 1.29 is 4.79 Å². The molecule has 3 rings (SSSR count). The quantitative estimate of drug-likeness (QED) is 0.827. The van der Waals surface area contributed by atoms with Crippen LogP contribution in [0.4, 0.5) is 0 Å². The van der Waals surface area contributed by atoms with E-state index in [2.05, 4.69) is 0 Å². The largest absolute Gasteiger partial charge is 0.337 e. The predicted octanol–water partition coefficient (Wildman–Crippen LogP) is 1.87. The van der Waals surface area contributed by atoms with Gasteiger partial charge in [0.25, 0.3) is 5.91 Å². The molecular weight excluding hydrogens is 232 g/mol. The van der Waals surface area contributed by atoms with Crippen LogP contribution >= 0.6 is 11.3 Å². The van der Waals surface area contributed by atoms with Crippen LogP contribution in [0.2, 0.25) is 0 Å². The Balaban J connectivity index is 1.75. The van der Waals surface area contributed by atoms with Crippen molar-refractivity contribution in [3.05, 3.63) is 21.9 Å². The minimum Gasteiger partial charge on any atom is -0.337 e. The highest BCUT2D eigenvalue weighted by Crippen LogP contribution is 2.38. The Morgan fingerprint density at radius 3 is 2.94 bits per heavy atom. The van der Waals surface area contributed by atoms with Crippen molar-refractivity contribution in [1.82, 2.24) is 4.90 Å². The fourth-order valence-electron chi connectivity index (χ4n) is 3.21. The number of nitrogens with zero attached hydrogens (tertiary/aromatic N) is 1. The van der Waals surface area contributed by atoms with E-state index in [9.17, 15) is 4.79 Å². The molecule has 1 saturated carbocycles. The van der Waals surface area contributed by atoms with Gasteiger partial charge in [0.2, 0.25) is 0 Å². The molecule has 1 saturated heterocycles. The Morgan fingerprint density at radius 1 is 1.47 bits per heavy atom. The van der Waals surface area contributed by atoms with Gasteiger partial charge in [0.1, 0.15) is 0 Å². The van der Waals surface area contributed by atoms with Crippen molar-refractivity contribution in [2.75, 3.05) is 13.1 Å². The van der Waals surface area contributed by atoms with Crippen LogP contribution in [0.1, 0.15) is 28.1 Å². The first kappa shape index (κ1) is 11.2. The molecule has 0 radical (unpaired) electrons. The zero-order valence-corrected chi connectivity index (χ0v) is 10.9. The summed E-state index contributed by atoms with van der Waals surface area (Å²) in [7, 11) is 0. The summed E-state index contributed by atoms with van der Waals surface area (Å²) in [6.07, 6.45) is 2.33. The van der Waals surface area contributed by atoms with E-state index >= 15 is 0 Å². The molecule has 1 amide bonds. The maximum atomic E-state index is 12.4. The first-order chi connectivity index (χ1) is 8.16. The Hall–Kier alpha value is -0.870. The van der Waals surface area contributed by atoms with Gasteiger partial charge >= 0.3 is 0 Å². The van der Waals surface area contributed by atoms with Gasteiger partial charge in [0.05, 0.1) is 4.88 Å². The molecule has 0 spiro atoms. The van der Waals surface area contributed by atoms with Gasteiger partial charge in [-0.05, 0) is 48.6 Å². The molecule has 0 aromatic carbocycles. The number of thiophene rings is 1. The van der Waals surface area contributed by atoms with Gasteiger partial charge in [-0.2, -0.15) is 0 Å². The molecule has 92 valence electrons. The van der Waals surface area contributed by atoms with Gasteiger partial charge in [0.15, 0.2) is 0 Å². The van der Waals surface area contributed by atoms with Gasteiger partial charge < -0.3 is 10.6 Å². The summed E-state index contributed by atoms with van der Waals surface area (Å²) in [4.78, 5) is 15.3. The summed E-state index contributed by atoms with van der Waals surface area (Å²) >= 11 is 1.55. The van der Waals surface area contributed by atoms with Crippen LogP contribution < -0.4 is 5.73 Å². The van der Waals surface area contributed by atoms with Crippen molar-refractivity contribution in [2.24, 2.45) is 17.6 Å². The number of rotatable bonds is 1. The van der Waals surface area contributed by atoms with E-state index in [1.807, 2.05) is 23.3 Å². The highest BCUT2D eigenvalue weighted by molar-refractivity contribution is 7.12. The zero-order chi connectivity index (χ0) is 12.0. The summed E-state index contributed by atoms with van der Waals surface area (Å²) in [6.45, 7) is 3.78. The molecule has 17 heavy (non-hydrogen) atoms. The lowest BCUT2D eigenvalue weighted by Gasteiger charge is -2.18. The number of nitrogens with two attached hydrogens (primary N) is 1. The summed E-state index contributed by atoms with van der Waals surface area (Å²) in [5.41, 5.74) is 7.19. The van der Waals surface area contributed by atoms with E-state index in [0.29, 0.717) is 17.9 Å². The molecule has 1 aliphatic heterocycles. The second-order valence-corrected chi connectivity index (χ2v) is 6.22. The summed E-state index contributed by atoms with van der Waals surface area (Å²) in [5, 5.41) is 1.99. The van der Waals surface area contributed by atoms with Crippen LogP contribution in [-0.2, 0) is 0 Å². The van der Waals surface area contributed by atoms with E-state index in [0.717, 1.165) is 30.0 Å². The third-order valence-corrected chi connectivity index (χ3v) is 5.26. The molecule has 1 aromatic heterocycles. The number of likely N-dealkylation sites (tertiary alicyclic amines) is 1. The first-order valence-electron chi connectivity index (χ1n) is 6.26. The summed E-state index contributed by atoms with van der Waals surface area (Å²) in [5.74, 6) is 1.40. The molecule has 4 heteroatoms. The van der Waals surface area contributed by atoms with E-state index in [1.54, 1.807) is 11.3 Å². The van der Waals surface area contributed by atoms with E-state index < -0.39 is 0 Å². The van der Waals surface area contributed by atoms with Crippen LogP contribution in [0.5, 0.6) is 0 Å². The number of amides is 1. The Bertz CT molecular complexity index is 442. The predicted molar refractivity (Wildman–Crippen MR) is 69.1 cm³/mol. The van der Waals surface area contributed by atoms with Crippen molar-refractivity contribution in [2.45, 2.75) is 25.8 Å².